The summed E-state index contributed by atoms with van der Waals surface area (Å²) in [5.74, 6) is 1.38. The van der Waals surface area contributed by atoms with Crippen molar-refractivity contribution >= 4 is 11.8 Å². The molecule has 1 N–H and O–H groups in total. The molecule has 3 heterocycles. The molecule has 0 aromatic carbocycles. The Kier molecular flexibility index (Phi) is 5.91. The monoisotopic (exact) mass is 391 g/mol. The van der Waals surface area contributed by atoms with Crippen LogP contribution in [0, 0.1) is 11.8 Å². The Balaban J connectivity index is 1.31. The number of nitrogens with one attached hydrogen (secondary N) is 1. The lowest BCUT2D eigenvalue weighted by Gasteiger charge is -2.35. The van der Waals surface area contributed by atoms with Crippen LogP contribution in [-0.2, 0) is 20.9 Å². The molecular weight excluding hydrogens is 362 g/mol. The van der Waals surface area contributed by atoms with E-state index in [2.05, 4.69) is 15.5 Å². The molecule has 2 aliphatic heterocycles. The number of piperidine rings is 1. The van der Waals surface area contributed by atoms with Crippen LogP contribution in [0.3, 0.4) is 0 Å². The molecule has 0 radical (unpaired) electrons. The van der Waals surface area contributed by atoms with Crippen LogP contribution in [0.1, 0.15) is 43.3 Å². The van der Waals surface area contributed by atoms with E-state index >= 15 is 0 Å². The minimum Gasteiger partial charge on any atom is -0.378 e. The molecule has 0 unspecified atom stereocenters. The highest BCUT2D eigenvalue weighted by Crippen LogP contribution is 2.35. The maximum Gasteiger partial charge on any atom is 0.229 e. The van der Waals surface area contributed by atoms with Crippen molar-refractivity contribution in [1.29, 1.82) is 0 Å². The second kappa shape index (κ2) is 8.57. The molecule has 1 aliphatic carbocycles. The third kappa shape index (κ3) is 4.20. The van der Waals surface area contributed by atoms with E-state index in [-0.39, 0.29) is 23.7 Å². The number of hydrogen-bond donors (Lipinski definition) is 1. The molecule has 1 aromatic rings. The van der Waals surface area contributed by atoms with Crippen molar-refractivity contribution in [3.8, 4) is 0 Å². The molecule has 28 heavy (non-hydrogen) atoms. The molecule has 1 saturated carbocycles. The van der Waals surface area contributed by atoms with Gasteiger partial charge in [0, 0.05) is 39.1 Å². The number of rotatable bonds is 5. The summed E-state index contributed by atoms with van der Waals surface area (Å²) in [6.07, 6.45) is 3.98. The molecular formula is C19H29N5O4. The highest BCUT2D eigenvalue weighted by atomic mass is 16.5. The first-order valence-electron chi connectivity index (χ1n) is 10.3. The van der Waals surface area contributed by atoms with Crippen molar-refractivity contribution in [2.45, 2.75) is 38.1 Å². The number of aromatic nitrogens is 2. The molecule has 4 rings (SSSR count). The molecule has 154 valence electrons. The van der Waals surface area contributed by atoms with Crippen LogP contribution >= 0.6 is 0 Å². The molecule has 1 aromatic heterocycles. The summed E-state index contributed by atoms with van der Waals surface area (Å²) < 4.78 is 10.7. The van der Waals surface area contributed by atoms with Crippen LogP contribution in [0.2, 0.25) is 0 Å². The van der Waals surface area contributed by atoms with E-state index in [9.17, 15) is 9.59 Å². The van der Waals surface area contributed by atoms with Gasteiger partial charge in [-0.2, -0.15) is 4.98 Å². The van der Waals surface area contributed by atoms with Gasteiger partial charge < -0.3 is 24.4 Å². The zero-order valence-corrected chi connectivity index (χ0v) is 16.4. The SMILES string of the molecule is CN(Cc1noc(C2CCC2)n1)C(=O)[C@H]1CNC[C@@H](C(=O)N2CCOCC2)C1. The van der Waals surface area contributed by atoms with Crippen LogP contribution in [-0.4, -0.2) is 78.2 Å². The number of carbonyl (C=O) groups excluding carboxylic acids is 2. The first-order chi connectivity index (χ1) is 13.6. The fourth-order valence-electron chi connectivity index (χ4n) is 4.11. The second-order valence-electron chi connectivity index (χ2n) is 8.10. The third-order valence-electron chi connectivity index (χ3n) is 6.06. The van der Waals surface area contributed by atoms with Crippen molar-refractivity contribution in [2.75, 3.05) is 46.4 Å². The first-order valence-corrected chi connectivity index (χ1v) is 10.3. The normalized spacial score (nSPS) is 26.0. The van der Waals surface area contributed by atoms with E-state index in [1.54, 1.807) is 11.9 Å². The highest BCUT2D eigenvalue weighted by molar-refractivity contribution is 5.83. The predicted molar refractivity (Wildman–Crippen MR) is 99.2 cm³/mol. The molecule has 2 saturated heterocycles. The van der Waals surface area contributed by atoms with Crippen LogP contribution in [0.25, 0.3) is 0 Å². The minimum atomic E-state index is -0.216. The Morgan fingerprint density at radius 3 is 2.68 bits per heavy atom. The van der Waals surface area contributed by atoms with Gasteiger partial charge in [0.25, 0.3) is 0 Å². The van der Waals surface area contributed by atoms with Gasteiger partial charge in [-0.15, -0.1) is 0 Å². The van der Waals surface area contributed by atoms with Gasteiger partial charge in [-0.25, -0.2) is 0 Å². The van der Waals surface area contributed by atoms with Crippen molar-refractivity contribution < 1.29 is 18.8 Å². The van der Waals surface area contributed by atoms with E-state index < -0.39 is 0 Å². The van der Waals surface area contributed by atoms with Crippen LogP contribution in [0.15, 0.2) is 4.52 Å². The average molecular weight is 391 g/mol. The van der Waals surface area contributed by atoms with Crippen LogP contribution in [0.4, 0.5) is 0 Å². The van der Waals surface area contributed by atoms with E-state index in [0.717, 1.165) is 12.8 Å². The smallest absolute Gasteiger partial charge is 0.229 e. The number of nitrogens with zero attached hydrogens (tertiary/aromatic N) is 4. The lowest BCUT2D eigenvalue weighted by atomic mass is 9.85. The van der Waals surface area contributed by atoms with Gasteiger partial charge in [0.1, 0.15) is 0 Å². The van der Waals surface area contributed by atoms with E-state index in [4.69, 9.17) is 9.26 Å². The quantitative estimate of drug-likeness (QED) is 0.774. The summed E-state index contributed by atoms with van der Waals surface area (Å²) in [6.45, 7) is 3.99. The Hall–Kier alpha value is -2.00. The first kappa shape index (κ1) is 19.3. The van der Waals surface area contributed by atoms with Crippen molar-refractivity contribution in [1.82, 2.24) is 25.3 Å². The number of morpholine rings is 1. The standard InChI is InChI=1S/C19H29N5O4/c1-23(12-16-21-17(28-22-16)13-3-2-4-13)18(25)14-9-15(11-20-10-14)19(26)24-5-7-27-8-6-24/h13-15,20H,2-12H2,1H3/t14-,15+/m1/s1. The Labute approximate surface area is 164 Å². The number of ether oxygens (including phenoxy) is 1. The van der Waals surface area contributed by atoms with Gasteiger partial charge in [-0.05, 0) is 19.3 Å². The second-order valence-corrected chi connectivity index (χ2v) is 8.10. The molecule has 2 amide bonds. The fraction of sp³-hybridized carbons (Fsp3) is 0.789. The highest BCUT2D eigenvalue weighted by Gasteiger charge is 2.35. The van der Waals surface area contributed by atoms with Crippen molar-refractivity contribution in [3.05, 3.63) is 11.7 Å². The number of hydrogen-bond acceptors (Lipinski definition) is 7. The molecule has 0 bridgehead atoms. The Morgan fingerprint density at radius 1 is 1.21 bits per heavy atom. The topological polar surface area (TPSA) is 101 Å². The van der Waals surface area contributed by atoms with Crippen LogP contribution in [0.5, 0.6) is 0 Å². The lowest BCUT2D eigenvalue weighted by molar-refractivity contribution is -0.143. The minimum absolute atomic E-state index is 0.0157. The molecule has 2 atom stereocenters. The maximum absolute atomic E-state index is 12.9. The summed E-state index contributed by atoms with van der Waals surface area (Å²) in [5.41, 5.74) is 0. The maximum atomic E-state index is 12.9. The van der Waals surface area contributed by atoms with E-state index in [0.29, 0.717) is 70.0 Å². The van der Waals surface area contributed by atoms with Crippen molar-refractivity contribution in [2.24, 2.45) is 11.8 Å². The average Bonchev–Trinajstić information content (AvgIpc) is 3.13. The molecule has 3 aliphatic rings. The zero-order chi connectivity index (χ0) is 19.5. The molecule has 9 nitrogen and oxygen atoms in total. The van der Waals surface area contributed by atoms with Gasteiger partial charge >= 0.3 is 0 Å². The molecule has 3 fully saturated rings. The summed E-state index contributed by atoms with van der Waals surface area (Å²) in [5, 5.41) is 7.29. The Bertz CT molecular complexity index is 698. The van der Waals surface area contributed by atoms with Crippen molar-refractivity contribution in [3.63, 3.8) is 0 Å². The number of amides is 2. The summed E-state index contributed by atoms with van der Waals surface area (Å²) >= 11 is 0. The summed E-state index contributed by atoms with van der Waals surface area (Å²) in [7, 11) is 1.76. The van der Waals surface area contributed by atoms with Gasteiger partial charge in [0.05, 0.1) is 31.6 Å². The van der Waals surface area contributed by atoms with Gasteiger partial charge in [-0.3, -0.25) is 9.59 Å². The summed E-state index contributed by atoms with van der Waals surface area (Å²) in [6, 6.07) is 0. The van der Waals surface area contributed by atoms with E-state index in [1.165, 1.54) is 6.42 Å². The van der Waals surface area contributed by atoms with Gasteiger partial charge in [0.2, 0.25) is 17.7 Å². The zero-order valence-electron chi connectivity index (χ0n) is 16.4. The molecule has 0 spiro atoms. The third-order valence-corrected chi connectivity index (χ3v) is 6.06. The predicted octanol–water partition coefficient (Wildman–Crippen LogP) is 0.380. The van der Waals surface area contributed by atoms with Gasteiger partial charge in [0.15, 0.2) is 5.82 Å². The van der Waals surface area contributed by atoms with Gasteiger partial charge in [-0.1, -0.05) is 11.6 Å². The largest absolute Gasteiger partial charge is 0.378 e. The van der Waals surface area contributed by atoms with E-state index in [1.807, 2.05) is 4.90 Å². The Morgan fingerprint density at radius 2 is 1.96 bits per heavy atom. The fourth-order valence-corrected chi connectivity index (χ4v) is 4.11. The lowest BCUT2D eigenvalue weighted by Crippen LogP contribution is -2.51. The summed E-state index contributed by atoms with van der Waals surface area (Å²) in [4.78, 5) is 33.6. The van der Waals surface area contributed by atoms with Crippen LogP contribution < -0.4 is 5.32 Å². The molecule has 9 heteroatoms. The number of carbonyl (C=O) groups is 2.